The zero-order valence-corrected chi connectivity index (χ0v) is 14.7. The van der Waals surface area contributed by atoms with Gasteiger partial charge in [-0.15, -0.1) is 23.1 Å². The molecule has 1 amide bonds. The van der Waals surface area contributed by atoms with Crippen molar-refractivity contribution in [3.8, 4) is 0 Å². The van der Waals surface area contributed by atoms with E-state index in [1.165, 1.54) is 4.21 Å². The Bertz CT molecular complexity index is 835. The zero-order chi connectivity index (χ0) is 16.4. The van der Waals surface area contributed by atoms with Crippen molar-refractivity contribution >= 4 is 40.0 Å². The highest BCUT2D eigenvalue weighted by molar-refractivity contribution is 8.00. The fraction of sp³-hybridized carbons (Fsp3) is 0.278. The van der Waals surface area contributed by atoms with Crippen molar-refractivity contribution in [3.05, 3.63) is 53.1 Å². The summed E-state index contributed by atoms with van der Waals surface area (Å²) in [5.74, 6) is 1.17. The van der Waals surface area contributed by atoms with Crippen molar-refractivity contribution in [3.63, 3.8) is 0 Å². The normalized spacial score (nSPS) is 15.1. The van der Waals surface area contributed by atoms with Crippen molar-refractivity contribution in [1.29, 1.82) is 0 Å². The third-order valence-corrected chi connectivity index (χ3v) is 6.20. The largest absolute Gasteiger partial charge is 0.451 e. The summed E-state index contributed by atoms with van der Waals surface area (Å²) in [6.45, 7) is 2.41. The molecule has 0 N–H and O–H groups in total. The summed E-state index contributed by atoms with van der Waals surface area (Å²) < 4.78 is 12.5. The average Bonchev–Trinajstić information content (AvgIpc) is 3.27. The Morgan fingerprint density at radius 1 is 1.17 bits per heavy atom. The molecular formula is C18H17NO3S2. The monoisotopic (exact) mass is 359 g/mol. The van der Waals surface area contributed by atoms with Crippen molar-refractivity contribution in [2.24, 2.45) is 0 Å². The predicted molar refractivity (Wildman–Crippen MR) is 96.8 cm³/mol. The maximum Gasteiger partial charge on any atom is 0.290 e. The molecule has 24 heavy (non-hydrogen) atoms. The van der Waals surface area contributed by atoms with Gasteiger partial charge in [-0.1, -0.05) is 24.3 Å². The summed E-state index contributed by atoms with van der Waals surface area (Å²) in [6, 6.07) is 12.0. The Morgan fingerprint density at radius 2 is 2.00 bits per heavy atom. The number of hydrogen-bond donors (Lipinski definition) is 0. The fourth-order valence-corrected chi connectivity index (χ4v) is 4.63. The molecule has 4 rings (SSSR count). The first kappa shape index (κ1) is 15.7. The number of rotatable bonds is 4. The van der Waals surface area contributed by atoms with Crippen molar-refractivity contribution in [1.82, 2.24) is 4.90 Å². The van der Waals surface area contributed by atoms with Crippen molar-refractivity contribution in [2.45, 2.75) is 9.96 Å². The minimum Gasteiger partial charge on any atom is -0.451 e. The molecule has 3 heterocycles. The Morgan fingerprint density at radius 3 is 2.79 bits per heavy atom. The van der Waals surface area contributed by atoms with E-state index in [0.717, 1.165) is 22.3 Å². The maximum absolute atomic E-state index is 12.9. The van der Waals surface area contributed by atoms with Crippen LogP contribution in [0.4, 0.5) is 0 Å². The number of carbonyl (C=O) groups excluding carboxylic acids is 1. The predicted octanol–water partition coefficient (Wildman–Crippen LogP) is 4.26. The van der Waals surface area contributed by atoms with Gasteiger partial charge in [-0.2, -0.15) is 0 Å². The van der Waals surface area contributed by atoms with Gasteiger partial charge in [0.05, 0.1) is 17.4 Å². The Labute approximate surface area is 148 Å². The molecule has 0 bridgehead atoms. The molecule has 2 aromatic heterocycles. The minimum absolute atomic E-state index is 0.0312. The molecule has 0 atom stereocenters. The quantitative estimate of drug-likeness (QED) is 0.653. The van der Waals surface area contributed by atoms with Gasteiger partial charge in [0, 0.05) is 29.8 Å². The third kappa shape index (κ3) is 3.09. The van der Waals surface area contributed by atoms with Crippen LogP contribution in [0.3, 0.4) is 0 Å². The van der Waals surface area contributed by atoms with E-state index in [2.05, 4.69) is 11.4 Å². The van der Waals surface area contributed by atoms with Crippen LogP contribution in [0.25, 0.3) is 11.0 Å². The Kier molecular flexibility index (Phi) is 4.60. The second-order valence-corrected chi connectivity index (χ2v) is 7.75. The highest BCUT2D eigenvalue weighted by Gasteiger charge is 2.26. The van der Waals surface area contributed by atoms with Crippen molar-refractivity contribution in [2.75, 3.05) is 26.3 Å². The van der Waals surface area contributed by atoms with E-state index < -0.39 is 0 Å². The van der Waals surface area contributed by atoms with Crippen LogP contribution in [0.2, 0.25) is 0 Å². The van der Waals surface area contributed by atoms with Crippen molar-refractivity contribution < 1.29 is 13.9 Å². The second kappa shape index (κ2) is 7.01. The van der Waals surface area contributed by atoms with Gasteiger partial charge in [0.2, 0.25) is 0 Å². The summed E-state index contributed by atoms with van der Waals surface area (Å²) in [5, 5.41) is 3.09. The number of fused-ring (bicyclic) bond motifs is 1. The first-order valence-electron chi connectivity index (χ1n) is 7.86. The molecule has 1 aliphatic heterocycles. The third-order valence-electron chi connectivity index (χ3n) is 4.04. The van der Waals surface area contributed by atoms with E-state index >= 15 is 0 Å². The molecule has 3 aromatic rings. The molecule has 0 spiro atoms. The lowest BCUT2D eigenvalue weighted by Crippen LogP contribution is -2.40. The molecule has 124 valence electrons. The number of carbonyl (C=O) groups is 1. The van der Waals surface area contributed by atoms with Gasteiger partial charge >= 0.3 is 0 Å². The number of benzene rings is 1. The molecule has 1 aliphatic rings. The van der Waals surface area contributed by atoms with Gasteiger partial charge in [-0.3, -0.25) is 4.79 Å². The average molecular weight is 359 g/mol. The SMILES string of the molecule is O=C(c1oc2ccccc2c1CSc1cccs1)N1CCOCC1. The molecular weight excluding hydrogens is 342 g/mol. The molecule has 4 nitrogen and oxygen atoms in total. The molecule has 0 radical (unpaired) electrons. The fourth-order valence-electron chi connectivity index (χ4n) is 2.81. The number of thioether (sulfide) groups is 1. The lowest BCUT2D eigenvalue weighted by molar-refractivity contribution is 0.0283. The topological polar surface area (TPSA) is 42.7 Å². The summed E-state index contributed by atoms with van der Waals surface area (Å²) >= 11 is 3.45. The molecule has 1 saturated heterocycles. The number of morpholine rings is 1. The number of para-hydroxylation sites is 1. The summed E-state index contributed by atoms with van der Waals surface area (Å²) in [4.78, 5) is 14.7. The van der Waals surface area contributed by atoms with Crippen LogP contribution in [-0.4, -0.2) is 37.1 Å². The molecule has 0 unspecified atom stereocenters. The first-order valence-corrected chi connectivity index (χ1v) is 9.73. The van der Waals surface area contributed by atoms with Gasteiger partial charge in [0.25, 0.3) is 5.91 Å². The number of thiophene rings is 1. The second-order valence-electron chi connectivity index (χ2n) is 5.53. The van der Waals surface area contributed by atoms with Crippen LogP contribution >= 0.6 is 23.1 Å². The summed E-state index contributed by atoms with van der Waals surface area (Å²) in [5.41, 5.74) is 1.76. The van der Waals surface area contributed by atoms with Crippen LogP contribution < -0.4 is 0 Å². The number of ether oxygens (including phenoxy) is 1. The van der Waals surface area contributed by atoms with Crippen LogP contribution in [0.15, 0.2) is 50.4 Å². The highest BCUT2D eigenvalue weighted by atomic mass is 32.2. The van der Waals surface area contributed by atoms with Crippen LogP contribution in [0, 0.1) is 0 Å². The van der Waals surface area contributed by atoms with Crippen LogP contribution in [-0.2, 0) is 10.5 Å². The number of amides is 1. The van der Waals surface area contributed by atoms with Gasteiger partial charge in [0.1, 0.15) is 5.58 Å². The molecule has 6 heteroatoms. The zero-order valence-electron chi connectivity index (χ0n) is 13.1. The van der Waals surface area contributed by atoms with E-state index in [1.54, 1.807) is 23.1 Å². The van der Waals surface area contributed by atoms with E-state index in [9.17, 15) is 4.79 Å². The summed E-state index contributed by atoms with van der Waals surface area (Å²) in [6.07, 6.45) is 0. The lowest BCUT2D eigenvalue weighted by atomic mass is 10.1. The Hall–Kier alpha value is -1.76. The van der Waals surface area contributed by atoms with Gasteiger partial charge in [0.15, 0.2) is 5.76 Å². The molecule has 0 aliphatic carbocycles. The number of nitrogens with zero attached hydrogens (tertiary/aromatic N) is 1. The van der Waals surface area contributed by atoms with E-state index in [-0.39, 0.29) is 5.91 Å². The van der Waals surface area contributed by atoms with Gasteiger partial charge in [-0.25, -0.2) is 0 Å². The van der Waals surface area contributed by atoms with Crippen LogP contribution in [0.5, 0.6) is 0 Å². The Balaban J connectivity index is 1.67. The van der Waals surface area contributed by atoms with E-state index in [0.29, 0.717) is 32.1 Å². The first-order chi connectivity index (χ1) is 11.8. The van der Waals surface area contributed by atoms with E-state index in [4.69, 9.17) is 9.15 Å². The molecule has 0 saturated carbocycles. The van der Waals surface area contributed by atoms with E-state index in [1.807, 2.05) is 35.2 Å². The smallest absolute Gasteiger partial charge is 0.290 e. The van der Waals surface area contributed by atoms with Gasteiger partial charge < -0.3 is 14.1 Å². The maximum atomic E-state index is 12.9. The van der Waals surface area contributed by atoms with Crippen LogP contribution in [0.1, 0.15) is 16.1 Å². The summed E-state index contributed by atoms with van der Waals surface area (Å²) in [7, 11) is 0. The lowest BCUT2D eigenvalue weighted by Gasteiger charge is -2.26. The molecule has 1 fully saturated rings. The minimum atomic E-state index is -0.0312. The van der Waals surface area contributed by atoms with Gasteiger partial charge in [-0.05, 0) is 17.5 Å². The highest BCUT2D eigenvalue weighted by Crippen LogP contribution is 2.34. The molecule has 1 aromatic carbocycles. The standard InChI is InChI=1S/C18H17NO3S2/c20-18(19-7-9-21-10-8-19)17-14(12-24-16-6-3-11-23-16)13-4-1-2-5-15(13)22-17/h1-6,11H,7-10,12H2. The number of hydrogen-bond acceptors (Lipinski definition) is 5. The number of furan rings is 1.